The Kier molecular flexibility index (Phi) is 7.58. The van der Waals surface area contributed by atoms with Gasteiger partial charge in [-0.05, 0) is 74.4 Å². The number of benzene rings is 3. The van der Waals surface area contributed by atoms with Gasteiger partial charge in [0.2, 0.25) is 0 Å². The molecule has 0 heterocycles. The zero-order valence-corrected chi connectivity index (χ0v) is 20.5. The average molecular weight is 517 g/mol. The topological polar surface area (TPSA) is 84.5 Å². The van der Waals surface area contributed by atoms with E-state index in [1.165, 1.54) is 12.1 Å². The van der Waals surface area contributed by atoms with Gasteiger partial charge in [0.1, 0.15) is 5.75 Å². The molecule has 0 radical (unpaired) electrons. The lowest BCUT2D eigenvalue weighted by Gasteiger charge is -2.16. The van der Waals surface area contributed by atoms with Crippen molar-refractivity contribution in [2.45, 2.75) is 31.7 Å². The van der Waals surface area contributed by atoms with Crippen molar-refractivity contribution in [2.24, 2.45) is 0 Å². The second-order valence-corrected chi connectivity index (χ2v) is 10.1. The van der Waals surface area contributed by atoms with E-state index in [0.717, 1.165) is 15.6 Å². The summed E-state index contributed by atoms with van der Waals surface area (Å²) < 4.78 is 34.5. The van der Waals surface area contributed by atoms with Crippen LogP contribution in [0.25, 0.3) is 0 Å². The van der Waals surface area contributed by atoms with E-state index < -0.39 is 10.0 Å². The highest BCUT2D eigenvalue weighted by Crippen LogP contribution is 2.24. The van der Waals surface area contributed by atoms with Crippen molar-refractivity contribution in [3.8, 4) is 5.75 Å². The number of carbonyl (C=O) groups is 1. The van der Waals surface area contributed by atoms with Crippen LogP contribution in [-0.2, 0) is 14.8 Å². The molecular formula is C24H25BrN2O4S. The Morgan fingerprint density at radius 3 is 2.41 bits per heavy atom. The molecule has 3 aromatic rings. The fraction of sp³-hybridized carbons (Fsp3) is 0.208. The minimum atomic E-state index is -3.74. The largest absolute Gasteiger partial charge is 0.484 e. The summed E-state index contributed by atoms with van der Waals surface area (Å²) in [6.07, 6.45) is 0. The molecule has 0 aromatic heterocycles. The van der Waals surface area contributed by atoms with Crippen LogP contribution in [0.4, 0.5) is 5.69 Å². The Balaban J connectivity index is 1.61. The number of anilines is 1. The Hall–Kier alpha value is -2.84. The highest BCUT2D eigenvalue weighted by atomic mass is 79.9. The van der Waals surface area contributed by atoms with Crippen molar-refractivity contribution in [3.05, 3.63) is 87.9 Å². The van der Waals surface area contributed by atoms with E-state index >= 15 is 0 Å². The maximum Gasteiger partial charge on any atom is 0.261 e. The molecule has 0 aliphatic heterocycles. The van der Waals surface area contributed by atoms with Crippen molar-refractivity contribution in [1.29, 1.82) is 0 Å². The summed E-state index contributed by atoms with van der Waals surface area (Å²) in [5.74, 6) is 0.180. The summed E-state index contributed by atoms with van der Waals surface area (Å²) in [5, 5.41) is 2.89. The van der Waals surface area contributed by atoms with Crippen molar-refractivity contribution < 1.29 is 17.9 Å². The summed E-state index contributed by atoms with van der Waals surface area (Å²) >= 11 is 3.42. The van der Waals surface area contributed by atoms with Crippen LogP contribution in [0.15, 0.2) is 76.1 Å². The normalized spacial score (nSPS) is 12.1. The van der Waals surface area contributed by atoms with Gasteiger partial charge >= 0.3 is 0 Å². The summed E-state index contributed by atoms with van der Waals surface area (Å²) in [4.78, 5) is 12.4. The number of carbonyl (C=O) groups excluding carboxylic acids is 1. The monoisotopic (exact) mass is 516 g/mol. The number of sulfonamides is 1. The first kappa shape index (κ1) is 23.8. The molecule has 3 aromatic carbocycles. The first-order chi connectivity index (χ1) is 15.1. The molecule has 6 nitrogen and oxygen atoms in total. The summed E-state index contributed by atoms with van der Waals surface area (Å²) in [6, 6.07) is 19.2. The van der Waals surface area contributed by atoms with E-state index in [0.29, 0.717) is 17.0 Å². The van der Waals surface area contributed by atoms with Gasteiger partial charge in [-0.15, -0.1) is 0 Å². The fourth-order valence-corrected chi connectivity index (χ4v) is 4.63. The molecule has 8 heteroatoms. The Bertz CT molecular complexity index is 1210. The van der Waals surface area contributed by atoms with Gasteiger partial charge in [-0.2, -0.15) is 0 Å². The standard InChI is InChI=1S/C24H25BrN2O4S/c1-16-7-9-21(10-8-16)27-32(29,30)22-11-12-23(17(2)13-22)31-15-24(28)26-18(3)19-5-4-6-20(25)14-19/h4-14,18,27H,15H2,1-3H3,(H,26,28)/t18-/m0/s1. The third-order valence-corrected chi connectivity index (χ3v) is 6.72. The van der Waals surface area contributed by atoms with Gasteiger partial charge in [-0.25, -0.2) is 8.42 Å². The van der Waals surface area contributed by atoms with E-state index in [4.69, 9.17) is 4.74 Å². The Morgan fingerprint density at radius 2 is 1.75 bits per heavy atom. The number of amides is 1. The third-order valence-electron chi connectivity index (χ3n) is 4.85. The molecule has 0 spiro atoms. The zero-order valence-electron chi connectivity index (χ0n) is 18.1. The van der Waals surface area contributed by atoms with Crippen molar-refractivity contribution >= 4 is 37.5 Å². The second kappa shape index (κ2) is 10.2. The summed E-state index contributed by atoms with van der Waals surface area (Å²) in [6.45, 7) is 5.39. The van der Waals surface area contributed by atoms with Gasteiger partial charge in [0.25, 0.3) is 15.9 Å². The van der Waals surface area contributed by atoms with E-state index in [1.807, 2.05) is 50.2 Å². The number of aryl methyl sites for hydroxylation is 2. The molecule has 0 aliphatic carbocycles. The molecule has 0 fully saturated rings. The minimum absolute atomic E-state index is 0.121. The van der Waals surface area contributed by atoms with Crippen LogP contribution in [0.1, 0.15) is 29.7 Å². The van der Waals surface area contributed by atoms with Crippen molar-refractivity contribution in [3.63, 3.8) is 0 Å². The van der Waals surface area contributed by atoms with Gasteiger partial charge in [0, 0.05) is 10.2 Å². The molecule has 3 rings (SSSR count). The van der Waals surface area contributed by atoms with Crippen molar-refractivity contribution in [2.75, 3.05) is 11.3 Å². The molecule has 1 amide bonds. The first-order valence-corrected chi connectivity index (χ1v) is 12.3. The van der Waals surface area contributed by atoms with Crippen LogP contribution in [0.5, 0.6) is 5.75 Å². The lowest BCUT2D eigenvalue weighted by Crippen LogP contribution is -2.31. The number of nitrogens with one attached hydrogen (secondary N) is 2. The molecule has 0 bridgehead atoms. The van der Waals surface area contributed by atoms with Crippen LogP contribution in [0.3, 0.4) is 0 Å². The SMILES string of the molecule is Cc1ccc(NS(=O)(=O)c2ccc(OCC(=O)N[C@@H](C)c3cccc(Br)c3)c(C)c2)cc1. The molecule has 0 saturated carbocycles. The maximum absolute atomic E-state index is 12.7. The molecule has 32 heavy (non-hydrogen) atoms. The minimum Gasteiger partial charge on any atom is -0.484 e. The average Bonchev–Trinajstić information content (AvgIpc) is 2.74. The fourth-order valence-electron chi connectivity index (χ4n) is 3.07. The molecule has 168 valence electrons. The Labute approximate surface area is 197 Å². The number of hydrogen-bond donors (Lipinski definition) is 2. The van der Waals surface area contributed by atoms with Crippen LogP contribution in [-0.4, -0.2) is 20.9 Å². The highest BCUT2D eigenvalue weighted by molar-refractivity contribution is 9.10. The maximum atomic E-state index is 12.7. The quantitative estimate of drug-likeness (QED) is 0.434. The van der Waals surface area contributed by atoms with E-state index in [1.54, 1.807) is 25.1 Å². The van der Waals surface area contributed by atoms with Gasteiger partial charge in [-0.3, -0.25) is 9.52 Å². The Morgan fingerprint density at radius 1 is 1.03 bits per heavy atom. The molecule has 1 atom stereocenters. The summed E-state index contributed by atoms with van der Waals surface area (Å²) in [7, 11) is -3.74. The number of ether oxygens (including phenoxy) is 1. The molecule has 2 N–H and O–H groups in total. The van der Waals surface area contributed by atoms with E-state index in [9.17, 15) is 13.2 Å². The lowest BCUT2D eigenvalue weighted by atomic mass is 10.1. The predicted molar refractivity (Wildman–Crippen MR) is 129 cm³/mol. The van der Waals surface area contributed by atoms with Crippen LogP contribution >= 0.6 is 15.9 Å². The molecule has 0 saturated heterocycles. The van der Waals surface area contributed by atoms with Crippen LogP contribution < -0.4 is 14.8 Å². The van der Waals surface area contributed by atoms with Gasteiger partial charge in [0.05, 0.1) is 10.9 Å². The number of rotatable bonds is 8. The number of halogens is 1. The zero-order chi connectivity index (χ0) is 23.3. The van der Waals surface area contributed by atoms with Gasteiger partial charge < -0.3 is 10.1 Å². The lowest BCUT2D eigenvalue weighted by molar-refractivity contribution is -0.123. The number of hydrogen-bond acceptors (Lipinski definition) is 4. The molecular weight excluding hydrogens is 492 g/mol. The van der Waals surface area contributed by atoms with Gasteiger partial charge in [-0.1, -0.05) is 45.8 Å². The third kappa shape index (κ3) is 6.34. The predicted octanol–water partition coefficient (Wildman–Crippen LogP) is 5.12. The summed E-state index contributed by atoms with van der Waals surface area (Å²) in [5.41, 5.74) is 3.12. The van der Waals surface area contributed by atoms with Crippen molar-refractivity contribution in [1.82, 2.24) is 5.32 Å². The van der Waals surface area contributed by atoms with Crippen LogP contribution in [0, 0.1) is 13.8 Å². The highest BCUT2D eigenvalue weighted by Gasteiger charge is 2.17. The molecule has 0 aliphatic rings. The van der Waals surface area contributed by atoms with Gasteiger partial charge in [0.15, 0.2) is 6.61 Å². The van der Waals surface area contributed by atoms with E-state index in [-0.39, 0.29) is 23.5 Å². The first-order valence-electron chi connectivity index (χ1n) is 10.0. The second-order valence-electron chi connectivity index (χ2n) is 7.53. The molecule has 0 unspecified atom stereocenters. The van der Waals surface area contributed by atoms with Crippen LogP contribution in [0.2, 0.25) is 0 Å². The van der Waals surface area contributed by atoms with E-state index in [2.05, 4.69) is 26.0 Å². The smallest absolute Gasteiger partial charge is 0.261 e.